The molecule has 0 aliphatic carbocycles. The highest BCUT2D eigenvalue weighted by Gasteiger charge is 2.26. The zero-order valence-corrected chi connectivity index (χ0v) is 8.00. The summed E-state index contributed by atoms with van der Waals surface area (Å²) in [5, 5.41) is 3.72. The van der Waals surface area contributed by atoms with Crippen LogP contribution in [0.25, 0.3) is 0 Å². The molecular weight excluding hydrogens is 172 g/mol. The molecule has 1 rings (SSSR count). The van der Waals surface area contributed by atoms with Crippen molar-refractivity contribution >= 4 is 6.01 Å². The molecule has 0 spiro atoms. The lowest BCUT2D eigenvalue weighted by molar-refractivity contribution is -0.0221. The number of nitrogens with zero attached hydrogens (tertiary/aromatic N) is 2. The standard InChI is InChI=1S/C7H14N4O2/c1-4-12-7(2,3)5-9-6(10-8)13-11-5/h4,8H2,1-3H3,(H,9,10,11). The van der Waals surface area contributed by atoms with Crippen LogP contribution < -0.4 is 11.3 Å². The molecule has 0 amide bonds. The van der Waals surface area contributed by atoms with Crippen molar-refractivity contribution in [2.75, 3.05) is 12.0 Å². The fraction of sp³-hybridized carbons (Fsp3) is 0.714. The van der Waals surface area contributed by atoms with E-state index < -0.39 is 5.60 Å². The largest absolute Gasteiger partial charge is 0.368 e. The molecule has 0 aliphatic heterocycles. The number of anilines is 1. The van der Waals surface area contributed by atoms with Crippen molar-refractivity contribution in [3.63, 3.8) is 0 Å². The predicted molar refractivity (Wildman–Crippen MR) is 46.8 cm³/mol. The number of aromatic nitrogens is 2. The van der Waals surface area contributed by atoms with Gasteiger partial charge in [-0.3, -0.25) is 5.43 Å². The molecule has 1 heterocycles. The second-order valence-corrected chi connectivity index (χ2v) is 3.01. The van der Waals surface area contributed by atoms with Crippen molar-refractivity contribution in [3.05, 3.63) is 5.82 Å². The van der Waals surface area contributed by atoms with Crippen LogP contribution in [-0.4, -0.2) is 16.7 Å². The van der Waals surface area contributed by atoms with Crippen molar-refractivity contribution in [2.24, 2.45) is 5.84 Å². The van der Waals surface area contributed by atoms with Gasteiger partial charge in [-0.15, -0.1) is 0 Å². The minimum atomic E-state index is -0.548. The van der Waals surface area contributed by atoms with Crippen LogP contribution in [0, 0.1) is 0 Å². The second kappa shape index (κ2) is 3.71. The van der Waals surface area contributed by atoms with Crippen LogP contribution >= 0.6 is 0 Å². The molecule has 0 radical (unpaired) electrons. The van der Waals surface area contributed by atoms with Crippen molar-refractivity contribution in [2.45, 2.75) is 26.4 Å². The van der Waals surface area contributed by atoms with Crippen LogP contribution in [0.1, 0.15) is 26.6 Å². The first kappa shape index (κ1) is 9.94. The first-order valence-corrected chi connectivity index (χ1v) is 4.05. The Hall–Kier alpha value is -1.14. The molecule has 0 saturated heterocycles. The Morgan fingerprint density at radius 3 is 2.77 bits per heavy atom. The Morgan fingerprint density at radius 1 is 1.62 bits per heavy atom. The molecule has 0 bridgehead atoms. The van der Waals surface area contributed by atoms with Crippen molar-refractivity contribution < 1.29 is 9.26 Å². The summed E-state index contributed by atoms with van der Waals surface area (Å²) in [6.45, 7) is 6.22. The van der Waals surface area contributed by atoms with E-state index in [0.717, 1.165) is 0 Å². The fourth-order valence-corrected chi connectivity index (χ4v) is 0.952. The molecule has 74 valence electrons. The van der Waals surface area contributed by atoms with Crippen LogP contribution in [0.2, 0.25) is 0 Å². The second-order valence-electron chi connectivity index (χ2n) is 3.01. The fourth-order valence-electron chi connectivity index (χ4n) is 0.952. The SMILES string of the molecule is CCOC(C)(C)c1noc(NN)n1. The molecule has 1 aromatic rings. The van der Waals surface area contributed by atoms with Gasteiger partial charge in [-0.05, 0) is 20.8 Å². The van der Waals surface area contributed by atoms with E-state index in [-0.39, 0.29) is 6.01 Å². The summed E-state index contributed by atoms with van der Waals surface area (Å²) in [5.41, 5.74) is 1.72. The van der Waals surface area contributed by atoms with Crippen LogP contribution in [0.3, 0.4) is 0 Å². The van der Waals surface area contributed by atoms with E-state index in [1.54, 1.807) is 0 Å². The third kappa shape index (κ3) is 2.16. The van der Waals surface area contributed by atoms with Gasteiger partial charge in [0.05, 0.1) is 0 Å². The summed E-state index contributed by atoms with van der Waals surface area (Å²) in [6, 6.07) is 0.183. The number of nitrogen functional groups attached to an aromatic ring is 1. The summed E-state index contributed by atoms with van der Waals surface area (Å²) in [4.78, 5) is 3.98. The predicted octanol–water partition coefficient (Wildman–Crippen LogP) is 0.627. The zero-order valence-electron chi connectivity index (χ0n) is 8.00. The molecule has 3 N–H and O–H groups in total. The average molecular weight is 186 g/mol. The minimum absolute atomic E-state index is 0.183. The maximum Gasteiger partial charge on any atom is 0.335 e. The average Bonchev–Trinajstić information content (AvgIpc) is 2.52. The number of nitrogens with two attached hydrogens (primary N) is 1. The monoisotopic (exact) mass is 186 g/mol. The van der Waals surface area contributed by atoms with Gasteiger partial charge in [0.15, 0.2) is 0 Å². The number of ether oxygens (including phenoxy) is 1. The number of rotatable bonds is 4. The minimum Gasteiger partial charge on any atom is -0.368 e. The summed E-state index contributed by atoms with van der Waals surface area (Å²) in [6.07, 6.45) is 0. The van der Waals surface area contributed by atoms with E-state index in [1.807, 2.05) is 20.8 Å². The van der Waals surface area contributed by atoms with Gasteiger partial charge < -0.3 is 9.26 Å². The molecule has 6 nitrogen and oxygen atoms in total. The van der Waals surface area contributed by atoms with Crippen LogP contribution in [0.5, 0.6) is 0 Å². The smallest absolute Gasteiger partial charge is 0.335 e. The van der Waals surface area contributed by atoms with E-state index in [9.17, 15) is 0 Å². The Labute approximate surface area is 76.4 Å². The Bertz CT molecular complexity index is 271. The summed E-state index contributed by atoms with van der Waals surface area (Å²) >= 11 is 0. The topological polar surface area (TPSA) is 86.2 Å². The first-order valence-electron chi connectivity index (χ1n) is 4.05. The van der Waals surface area contributed by atoms with Crippen LogP contribution in [0.15, 0.2) is 4.52 Å². The van der Waals surface area contributed by atoms with E-state index in [1.165, 1.54) is 0 Å². The number of hydrogen-bond donors (Lipinski definition) is 2. The molecule has 0 saturated carbocycles. The van der Waals surface area contributed by atoms with Gasteiger partial charge in [-0.25, -0.2) is 5.84 Å². The molecular formula is C7H14N4O2. The highest BCUT2D eigenvalue weighted by atomic mass is 16.5. The normalized spacial score (nSPS) is 11.7. The van der Waals surface area contributed by atoms with Crippen molar-refractivity contribution in [1.29, 1.82) is 0 Å². The number of hydrazine groups is 1. The maximum atomic E-state index is 5.42. The van der Waals surface area contributed by atoms with Gasteiger partial charge in [-0.2, -0.15) is 4.98 Å². The van der Waals surface area contributed by atoms with E-state index in [0.29, 0.717) is 12.4 Å². The van der Waals surface area contributed by atoms with Crippen molar-refractivity contribution in [3.8, 4) is 0 Å². The summed E-state index contributed by atoms with van der Waals surface area (Å²) in [5.74, 6) is 5.57. The van der Waals surface area contributed by atoms with Gasteiger partial charge in [-0.1, -0.05) is 5.16 Å². The molecule has 0 aromatic carbocycles. The molecule has 6 heteroatoms. The lowest BCUT2D eigenvalue weighted by Gasteiger charge is -2.19. The van der Waals surface area contributed by atoms with Gasteiger partial charge >= 0.3 is 6.01 Å². The molecule has 0 atom stereocenters. The molecule has 0 unspecified atom stereocenters. The number of nitrogens with one attached hydrogen (secondary N) is 1. The lowest BCUT2D eigenvalue weighted by Crippen LogP contribution is -2.23. The molecule has 0 aliphatic rings. The molecule has 13 heavy (non-hydrogen) atoms. The Balaban J connectivity index is 2.80. The van der Waals surface area contributed by atoms with Gasteiger partial charge in [0, 0.05) is 6.61 Å². The third-order valence-corrected chi connectivity index (χ3v) is 1.59. The quantitative estimate of drug-likeness (QED) is 0.529. The van der Waals surface area contributed by atoms with Crippen molar-refractivity contribution in [1.82, 2.24) is 10.1 Å². The zero-order chi connectivity index (χ0) is 9.90. The number of hydrogen-bond acceptors (Lipinski definition) is 6. The maximum absolute atomic E-state index is 5.42. The Kier molecular flexibility index (Phi) is 2.84. The summed E-state index contributed by atoms with van der Waals surface area (Å²) in [7, 11) is 0. The van der Waals surface area contributed by atoms with Crippen LogP contribution in [-0.2, 0) is 10.3 Å². The van der Waals surface area contributed by atoms with Gasteiger partial charge in [0.25, 0.3) is 0 Å². The van der Waals surface area contributed by atoms with Crippen LogP contribution in [0.4, 0.5) is 6.01 Å². The van der Waals surface area contributed by atoms with E-state index in [2.05, 4.69) is 15.6 Å². The highest BCUT2D eigenvalue weighted by molar-refractivity contribution is 5.16. The van der Waals surface area contributed by atoms with Gasteiger partial charge in [0.2, 0.25) is 5.82 Å². The van der Waals surface area contributed by atoms with E-state index >= 15 is 0 Å². The highest BCUT2D eigenvalue weighted by Crippen LogP contribution is 2.22. The van der Waals surface area contributed by atoms with E-state index in [4.69, 9.17) is 15.1 Å². The first-order chi connectivity index (χ1) is 6.10. The lowest BCUT2D eigenvalue weighted by atomic mass is 10.1. The van der Waals surface area contributed by atoms with Gasteiger partial charge in [0.1, 0.15) is 5.60 Å². The molecule has 1 aromatic heterocycles. The third-order valence-electron chi connectivity index (χ3n) is 1.59. The molecule has 0 fully saturated rings. The Morgan fingerprint density at radius 2 is 2.31 bits per heavy atom. The summed E-state index contributed by atoms with van der Waals surface area (Å²) < 4.78 is 10.2.